The summed E-state index contributed by atoms with van der Waals surface area (Å²) < 4.78 is 26.6. The molecule has 0 aromatic heterocycles. The molecular formula is C20H15F2N3S. The molecule has 6 heteroatoms. The third-order valence-electron chi connectivity index (χ3n) is 4.05. The Morgan fingerprint density at radius 1 is 0.962 bits per heavy atom. The second-order valence-electron chi connectivity index (χ2n) is 5.87. The molecule has 26 heavy (non-hydrogen) atoms. The van der Waals surface area contributed by atoms with Crippen LogP contribution in [0.1, 0.15) is 12.5 Å². The SMILES string of the molecule is C/C(=N\Nc1ccc(F)cc1F)c1ccc2c(c1)Nc1ccccc1S2. The van der Waals surface area contributed by atoms with E-state index in [1.807, 2.05) is 43.3 Å². The molecule has 0 saturated heterocycles. The van der Waals surface area contributed by atoms with Crippen LogP contribution in [0.25, 0.3) is 0 Å². The molecule has 1 heterocycles. The molecule has 0 saturated carbocycles. The van der Waals surface area contributed by atoms with Gasteiger partial charge in [0.2, 0.25) is 0 Å². The summed E-state index contributed by atoms with van der Waals surface area (Å²) in [4.78, 5) is 2.32. The molecule has 0 amide bonds. The van der Waals surface area contributed by atoms with E-state index in [1.54, 1.807) is 11.8 Å². The molecule has 0 aliphatic carbocycles. The average Bonchev–Trinajstić information content (AvgIpc) is 2.65. The van der Waals surface area contributed by atoms with Gasteiger partial charge in [0, 0.05) is 15.9 Å². The topological polar surface area (TPSA) is 36.4 Å². The molecule has 3 aromatic rings. The quantitative estimate of drug-likeness (QED) is 0.344. The lowest BCUT2D eigenvalue weighted by molar-refractivity contribution is 0.585. The minimum absolute atomic E-state index is 0.131. The first-order chi connectivity index (χ1) is 12.6. The minimum Gasteiger partial charge on any atom is -0.354 e. The number of nitrogens with one attached hydrogen (secondary N) is 2. The number of hydrogen-bond donors (Lipinski definition) is 2. The first kappa shape index (κ1) is 16.6. The molecular weight excluding hydrogens is 352 g/mol. The molecule has 0 bridgehead atoms. The fraction of sp³-hybridized carbons (Fsp3) is 0.0500. The van der Waals surface area contributed by atoms with Crippen molar-refractivity contribution in [2.24, 2.45) is 5.10 Å². The number of benzene rings is 3. The molecule has 4 rings (SSSR count). The summed E-state index contributed by atoms with van der Waals surface area (Å²) in [6.45, 7) is 1.83. The highest BCUT2D eigenvalue weighted by molar-refractivity contribution is 7.99. The predicted octanol–water partition coefficient (Wildman–Crippen LogP) is 6.01. The molecule has 0 unspecified atom stereocenters. The van der Waals surface area contributed by atoms with Crippen molar-refractivity contribution in [3.05, 3.63) is 77.9 Å². The van der Waals surface area contributed by atoms with Crippen molar-refractivity contribution in [3.63, 3.8) is 0 Å². The maximum atomic E-state index is 13.7. The van der Waals surface area contributed by atoms with E-state index in [2.05, 4.69) is 21.9 Å². The van der Waals surface area contributed by atoms with Gasteiger partial charge in [0.25, 0.3) is 0 Å². The van der Waals surface area contributed by atoms with Gasteiger partial charge in [-0.25, -0.2) is 8.78 Å². The number of rotatable bonds is 3. The Balaban J connectivity index is 1.57. The fourth-order valence-electron chi connectivity index (χ4n) is 2.65. The third-order valence-corrected chi connectivity index (χ3v) is 5.20. The van der Waals surface area contributed by atoms with Crippen LogP contribution >= 0.6 is 11.8 Å². The van der Waals surface area contributed by atoms with Crippen LogP contribution in [-0.4, -0.2) is 5.71 Å². The van der Waals surface area contributed by atoms with E-state index >= 15 is 0 Å². The maximum absolute atomic E-state index is 13.7. The number of hydrazone groups is 1. The Morgan fingerprint density at radius 3 is 2.62 bits per heavy atom. The van der Waals surface area contributed by atoms with E-state index in [4.69, 9.17) is 0 Å². The van der Waals surface area contributed by atoms with E-state index in [0.717, 1.165) is 27.9 Å². The van der Waals surface area contributed by atoms with Gasteiger partial charge in [0.1, 0.15) is 5.82 Å². The zero-order valence-corrected chi connectivity index (χ0v) is 14.7. The van der Waals surface area contributed by atoms with E-state index in [0.29, 0.717) is 5.71 Å². The zero-order chi connectivity index (χ0) is 18.1. The van der Waals surface area contributed by atoms with Crippen LogP contribution in [-0.2, 0) is 0 Å². The molecule has 1 aliphatic rings. The lowest BCUT2D eigenvalue weighted by Gasteiger charge is -2.21. The van der Waals surface area contributed by atoms with Gasteiger partial charge in [-0.2, -0.15) is 5.10 Å². The average molecular weight is 367 g/mol. The Labute approximate surface area is 154 Å². The lowest BCUT2D eigenvalue weighted by atomic mass is 10.1. The zero-order valence-electron chi connectivity index (χ0n) is 13.9. The van der Waals surface area contributed by atoms with E-state index in [-0.39, 0.29) is 5.69 Å². The van der Waals surface area contributed by atoms with Gasteiger partial charge in [-0.05, 0) is 48.9 Å². The molecule has 130 valence electrons. The smallest absolute Gasteiger partial charge is 0.151 e. The normalized spacial score (nSPS) is 12.8. The summed E-state index contributed by atoms with van der Waals surface area (Å²) in [7, 11) is 0. The number of halogens is 2. The number of fused-ring (bicyclic) bond motifs is 2. The molecule has 3 aromatic carbocycles. The van der Waals surface area contributed by atoms with Crippen LogP contribution in [0.5, 0.6) is 0 Å². The number of anilines is 3. The van der Waals surface area contributed by atoms with Crippen molar-refractivity contribution >= 4 is 34.5 Å². The second kappa shape index (κ2) is 6.80. The van der Waals surface area contributed by atoms with Gasteiger partial charge in [-0.1, -0.05) is 30.0 Å². The highest BCUT2D eigenvalue weighted by atomic mass is 32.2. The van der Waals surface area contributed by atoms with Crippen molar-refractivity contribution in [3.8, 4) is 0 Å². The standard InChI is InChI=1S/C20H15F2N3S/c1-12(24-25-16-8-7-14(21)11-15(16)22)13-6-9-20-18(10-13)23-17-4-2-3-5-19(17)26-20/h2-11,23,25H,1H3/b24-12+. The van der Waals surface area contributed by atoms with Crippen LogP contribution < -0.4 is 10.7 Å². The maximum Gasteiger partial charge on any atom is 0.151 e. The van der Waals surface area contributed by atoms with Crippen LogP contribution in [0, 0.1) is 11.6 Å². The molecule has 0 radical (unpaired) electrons. The van der Waals surface area contributed by atoms with Crippen molar-refractivity contribution in [1.29, 1.82) is 0 Å². The highest BCUT2D eigenvalue weighted by Crippen LogP contribution is 2.44. The lowest BCUT2D eigenvalue weighted by Crippen LogP contribution is -2.04. The van der Waals surface area contributed by atoms with Gasteiger partial charge in [0.05, 0.1) is 22.8 Å². The highest BCUT2D eigenvalue weighted by Gasteiger charge is 2.15. The predicted molar refractivity (Wildman–Crippen MR) is 102 cm³/mol. The second-order valence-corrected chi connectivity index (χ2v) is 6.95. The van der Waals surface area contributed by atoms with Gasteiger partial charge in [-0.15, -0.1) is 0 Å². The van der Waals surface area contributed by atoms with Crippen LogP contribution in [0.15, 0.2) is 75.6 Å². The van der Waals surface area contributed by atoms with Gasteiger partial charge >= 0.3 is 0 Å². The van der Waals surface area contributed by atoms with Crippen LogP contribution in [0.3, 0.4) is 0 Å². The largest absolute Gasteiger partial charge is 0.354 e. The molecule has 1 aliphatic heterocycles. The molecule has 0 spiro atoms. The van der Waals surface area contributed by atoms with Crippen LogP contribution in [0.2, 0.25) is 0 Å². The molecule has 0 fully saturated rings. The third kappa shape index (κ3) is 3.28. The summed E-state index contributed by atoms with van der Waals surface area (Å²) in [5.74, 6) is -1.30. The van der Waals surface area contributed by atoms with E-state index in [9.17, 15) is 8.78 Å². The van der Waals surface area contributed by atoms with Gasteiger partial charge in [-0.3, -0.25) is 5.43 Å². The monoisotopic (exact) mass is 367 g/mol. The molecule has 2 N–H and O–H groups in total. The number of para-hydroxylation sites is 1. The summed E-state index contributed by atoms with van der Waals surface area (Å²) in [5, 5.41) is 7.64. The van der Waals surface area contributed by atoms with Gasteiger partial charge < -0.3 is 5.32 Å². The Hall–Kier alpha value is -2.86. The Kier molecular flexibility index (Phi) is 4.34. The van der Waals surface area contributed by atoms with Crippen molar-refractivity contribution in [2.75, 3.05) is 10.7 Å². The minimum atomic E-state index is -0.679. The molecule has 3 nitrogen and oxygen atoms in total. The van der Waals surface area contributed by atoms with Crippen LogP contribution in [0.4, 0.5) is 25.8 Å². The van der Waals surface area contributed by atoms with Crippen molar-refractivity contribution < 1.29 is 8.78 Å². The summed E-state index contributed by atoms with van der Waals surface area (Å²) in [5.41, 5.74) is 6.47. The summed E-state index contributed by atoms with van der Waals surface area (Å²) in [6.07, 6.45) is 0. The first-order valence-electron chi connectivity index (χ1n) is 8.04. The van der Waals surface area contributed by atoms with Gasteiger partial charge in [0.15, 0.2) is 5.82 Å². The van der Waals surface area contributed by atoms with Crippen molar-refractivity contribution in [2.45, 2.75) is 16.7 Å². The summed E-state index contributed by atoms with van der Waals surface area (Å²) in [6, 6.07) is 17.5. The molecule has 0 atom stereocenters. The Bertz CT molecular complexity index is 1020. The fourth-order valence-corrected chi connectivity index (χ4v) is 3.62. The summed E-state index contributed by atoms with van der Waals surface area (Å²) >= 11 is 1.71. The first-order valence-corrected chi connectivity index (χ1v) is 8.85. The Morgan fingerprint density at radius 2 is 1.77 bits per heavy atom. The van der Waals surface area contributed by atoms with Crippen molar-refractivity contribution in [1.82, 2.24) is 0 Å². The van der Waals surface area contributed by atoms with E-state index in [1.165, 1.54) is 17.0 Å². The number of hydrogen-bond acceptors (Lipinski definition) is 4. The number of nitrogens with zero attached hydrogens (tertiary/aromatic N) is 1. The van der Waals surface area contributed by atoms with E-state index < -0.39 is 11.6 Å².